The van der Waals surface area contributed by atoms with Crippen LogP contribution in [0.5, 0.6) is 5.75 Å². The molecule has 0 bridgehead atoms. The van der Waals surface area contributed by atoms with Gasteiger partial charge in [-0.3, -0.25) is 4.90 Å². The average Bonchev–Trinajstić information content (AvgIpc) is 3.11. The first kappa shape index (κ1) is 26.2. The van der Waals surface area contributed by atoms with Crippen LogP contribution in [0.2, 0.25) is 5.02 Å². The number of anilines is 1. The molecule has 1 unspecified atom stereocenters. The van der Waals surface area contributed by atoms with Crippen molar-refractivity contribution in [3.05, 3.63) is 45.4 Å². The van der Waals surface area contributed by atoms with Crippen LogP contribution in [0.4, 0.5) is 5.82 Å². The number of nitrogens with two attached hydrogens (primary N) is 1. The number of likely N-dealkylation sites (tertiary alicyclic amines) is 1. The first-order valence-corrected chi connectivity index (χ1v) is 12.8. The van der Waals surface area contributed by atoms with E-state index in [1.165, 1.54) is 6.33 Å². The Labute approximate surface area is 217 Å². The molecule has 3 aromatic rings. The molecule has 0 spiro atoms. The van der Waals surface area contributed by atoms with Crippen molar-refractivity contribution in [3.63, 3.8) is 0 Å². The second kappa shape index (κ2) is 9.89. The number of ether oxygens (including phenoxy) is 1. The normalized spacial score (nSPS) is 15.6. The molecular weight excluding hydrogens is 476 g/mol. The summed E-state index contributed by atoms with van der Waals surface area (Å²) in [6.45, 7) is 14.2. The Bertz CT molecular complexity index is 1340. The van der Waals surface area contributed by atoms with Crippen LogP contribution >= 0.6 is 11.6 Å². The number of aromatic nitrogens is 3. The minimum atomic E-state index is -0.332. The van der Waals surface area contributed by atoms with E-state index in [1.807, 2.05) is 26.8 Å². The van der Waals surface area contributed by atoms with Crippen LogP contribution in [-0.2, 0) is 6.42 Å². The predicted octanol–water partition coefficient (Wildman–Crippen LogP) is 4.59. The lowest BCUT2D eigenvalue weighted by molar-refractivity contribution is -0.00314. The second-order valence-corrected chi connectivity index (χ2v) is 10.5. The van der Waals surface area contributed by atoms with Gasteiger partial charge in [-0.1, -0.05) is 18.5 Å². The number of rotatable bonds is 8. The Morgan fingerprint density at radius 1 is 1.33 bits per heavy atom. The number of fused-ring (bicyclic) bond motifs is 1. The Balaban J connectivity index is 1.91. The van der Waals surface area contributed by atoms with Gasteiger partial charge in [0.1, 0.15) is 29.6 Å². The fourth-order valence-corrected chi connectivity index (χ4v) is 5.68. The van der Waals surface area contributed by atoms with Crippen LogP contribution in [0.15, 0.2) is 12.4 Å². The third kappa shape index (κ3) is 4.09. The van der Waals surface area contributed by atoms with Crippen molar-refractivity contribution in [2.45, 2.75) is 65.5 Å². The van der Waals surface area contributed by atoms with Gasteiger partial charge in [0, 0.05) is 41.4 Å². The number of nitrogens with zero attached hydrogens (tertiary/aromatic N) is 5. The molecule has 192 valence electrons. The summed E-state index contributed by atoms with van der Waals surface area (Å²) in [5, 5.41) is 21.1. The number of nitrogen functional groups attached to an aromatic ring is 1. The second-order valence-electron chi connectivity index (χ2n) is 10.1. The van der Waals surface area contributed by atoms with Crippen molar-refractivity contribution < 1.29 is 9.84 Å². The van der Waals surface area contributed by atoms with E-state index < -0.39 is 0 Å². The Morgan fingerprint density at radius 2 is 2.03 bits per heavy atom. The van der Waals surface area contributed by atoms with Gasteiger partial charge < -0.3 is 20.1 Å². The maximum absolute atomic E-state index is 10.1. The molecule has 0 aliphatic carbocycles. The molecule has 1 aliphatic heterocycles. The van der Waals surface area contributed by atoms with E-state index in [-0.39, 0.29) is 24.1 Å². The lowest BCUT2D eigenvalue weighted by Crippen LogP contribution is -2.57. The van der Waals surface area contributed by atoms with Crippen molar-refractivity contribution in [2.24, 2.45) is 0 Å². The van der Waals surface area contributed by atoms with Gasteiger partial charge in [-0.05, 0) is 52.7 Å². The number of benzene rings is 1. The summed E-state index contributed by atoms with van der Waals surface area (Å²) >= 11 is 6.75. The number of hydrogen-bond acceptors (Lipinski definition) is 7. The van der Waals surface area contributed by atoms with Gasteiger partial charge >= 0.3 is 0 Å². The fourth-order valence-electron chi connectivity index (χ4n) is 5.42. The Kier molecular flexibility index (Phi) is 7.20. The zero-order valence-electron chi connectivity index (χ0n) is 21.9. The molecule has 9 heteroatoms. The molecule has 1 aromatic carbocycles. The standard InChI is InChI=1S/C27H35ClN6O2/c1-7-21-15(3)22-25(30)31-14-32-26(22)34(21)16(4)18-9-20(28)19(10-29)23(24(18)36-8-2)17-11-33(12-17)27(5,6)13-35/h9,14,16-17,35H,7-8,11-13H2,1-6H3,(H2,30,31,32). The number of nitriles is 1. The monoisotopic (exact) mass is 510 g/mol. The molecule has 0 radical (unpaired) electrons. The lowest BCUT2D eigenvalue weighted by Gasteiger charge is -2.49. The van der Waals surface area contributed by atoms with Gasteiger partial charge in [-0.2, -0.15) is 5.26 Å². The first-order valence-electron chi connectivity index (χ1n) is 12.5. The van der Waals surface area contributed by atoms with Gasteiger partial charge in [0.2, 0.25) is 0 Å². The number of aliphatic hydroxyl groups excluding tert-OH is 1. The fraction of sp³-hybridized carbons (Fsp3) is 0.519. The van der Waals surface area contributed by atoms with Crippen molar-refractivity contribution in [1.29, 1.82) is 5.26 Å². The minimum absolute atomic E-state index is 0.0613. The van der Waals surface area contributed by atoms with Gasteiger partial charge in [-0.15, -0.1) is 0 Å². The summed E-state index contributed by atoms with van der Waals surface area (Å²) < 4.78 is 8.47. The summed E-state index contributed by atoms with van der Waals surface area (Å²) in [6.07, 6.45) is 2.28. The predicted molar refractivity (Wildman–Crippen MR) is 143 cm³/mol. The van der Waals surface area contributed by atoms with E-state index in [0.29, 0.717) is 41.8 Å². The van der Waals surface area contributed by atoms with Crippen LogP contribution < -0.4 is 10.5 Å². The van der Waals surface area contributed by atoms with Crippen LogP contribution in [0, 0.1) is 18.3 Å². The van der Waals surface area contributed by atoms with Crippen LogP contribution in [0.3, 0.4) is 0 Å². The summed E-state index contributed by atoms with van der Waals surface area (Å²) in [6, 6.07) is 4.01. The zero-order chi connectivity index (χ0) is 26.4. The molecule has 1 saturated heterocycles. The molecular formula is C27H35ClN6O2. The number of hydrogen-bond donors (Lipinski definition) is 2. The van der Waals surface area contributed by atoms with Crippen molar-refractivity contribution in [3.8, 4) is 11.8 Å². The highest BCUT2D eigenvalue weighted by Gasteiger charge is 2.41. The third-order valence-corrected chi connectivity index (χ3v) is 7.88. The van der Waals surface area contributed by atoms with Crippen molar-refractivity contribution >= 4 is 28.5 Å². The molecule has 1 aliphatic rings. The van der Waals surface area contributed by atoms with Gasteiger partial charge in [0.15, 0.2) is 0 Å². The summed E-state index contributed by atoms with van der Waals surface area (Å²) in [5.74, 6) is 1.24. The highest BCUT2D eigenvalue weighted by atomic mass is 35.5. The van der Waals surface area contributed by atoms with E-state index in [1.54, 1.807) is 0 Å². The van der Waals surface area contributed by atoms with Crippen LogP contribution in [0.25, 0.3) is 11.0 Å². The topological polar surface area (TPSA) is 113 Å². The molecule has 36 heavy (non-hydrogen) atoms. The van der Waals surface area contributed by atoms with Gasteiger partial charge in [0.25, 0.3) is 0 Å². The highest BCUT2D eigenvalue weighted by Crippen LogP contribution is 2.46. The molecule has 2 aromatic heterocycles. The minimum Gasteiger partial charge on any atom is -0.493 e. The quantitative estimate of drug-likeness (QED) is 0.455. The summed E-state index contributed by atoms with van der Waals surface area (Å²) in [4.78, 5) is 11.0. The first-order chi connectivity index (χ1) is 17.1. The summed E-state index contributed by atoms with van der Waals surface area (Å²) in [5.41, 5.74) is 11.1. The Hall–Kier alpha value is -2.86. The summed E-state index contributed by atoms with van der Waals surface area (Å²) in [7, 11) is 0. The van der Waals surface area contributed by atoms with Crippen molar-refractivity contribution in [2.75, 3.05) is 32.0 Å². The molecule has 8 nitrogen and oxygen atoms in total. The smallest absolute Gasteiger partial charge is 0.146 e. The van der Waals surface area contributed by atoms with Gasteiger partial charge in [-0.25, -0.2) is 9.97 Å². The van der Waals surface area contributed by atoms with Gasteiger partial charge in [0.05, 0.1) is 35.2 Å². The number of aryl methyl sites for hydroxylation is 1. The van der Waals surface area contributed by atoms with Crippen LogP contribution in [-0.4, -0.2) is 56.4 Å². The third-order valence-electron chi connectivity index (χ3n) is 7.59. The van der Waals surface area contributed by atoms with E-state index in [4.69, 9.17) is 22.1 Å². The molecule has 0 amide bonds. The highest BCUT2D eigenvalue weighted by molar-refractivity contribution is 6.32. The molecule has 4 rings (SSSR count). The maximum Gasteiger partial charge on any atom is 0.146 e. The van der Waals surface area contributed by atoms with E-state index in [2.05, 4.69) is 46.3 Å². The number of halogens is 1. The van der Waals surface area contributed by atoms with Crippen molar-refractivity contribution in [1.82, 2.24) is 19.4 Å². The molecule has 3 N–H and O–H groups in total. The molecule has 0 saturated carbocycles. The molecule has 1 fully saturated rings. The molecule has 1 atom stereocenters. The SMILES string of the molecule is CCOc1c(C(C)n2c(CC)c(C)c3c(N)ncnc32)cc(Cl)c(C#N)c1C1CN(C(C)(C)CO)C1. The average molecular weight is 511 g/mol. The van der Waals surface area contributed by atoms with E-state index in [0.717, 1.165) is 39.8 Å². The zero-order valence-corrected chi connectivity index (χ0v) is 22.6. The lowest BCUT2D eigenvalue weighted by atomic mass is 9.82. The Morgan fingerprint density at radius 3 is 2.61 bits per heavy atom. The van der Waals surface area contributed by atoms with Crippen LogP contribution in [0.1, 0.15) is 74.5 Å². The largest absolute Gasteiger partial charge is 0.493 e. The van der Waals surface area contributed by atoms with E-state index >= 15 is 0 Å². The maximum atomic E-state index is 10.1. The van der Waals surface area contributed by atoms with E-state index in [9.17, 15) is 10.4 Å². The number of aliphatic hydroxyl groups is 1. The molecule has 3 heterocycles.